The van der Waals surface area contributed by atoms with Gasteiger partial charge in [-0.1, -0.05) is 52.0 Å². The van der Waals surface area contributed by atoms with E-state index in [-0.39, 0.29) is 10.2 Å². The van der Waals surface area contributed by atoms with Crippen molar-refractivity contribution in [1.82, 2.24) is 4.90 Å². The van der Waals surface area contributed by atoms with Crippen LogP contribution < -0.4 is 4.90 Å². The summed E-state index contributed by atoms with van der Waals surface area (Å²) in [6.07, 6.45) is 1.76. The zero-order valence-electron chi connectivity index (χ0n) is 14.1. The number of carbonyl (C=O) groups is 2. The SMILES string of the molecule is CN(C)c1ccc(C=C2SC(=S)N(C(=O)c3ccc(Br)cc3)C2=O)cc1. The lowest BCUT2D eigenvalue weighted by atomic mass is 10.1. The molecule has 1 heterocycles. The second-order valence-electron chi connectivity index (χ2n) is 5.82. The first kappa shape index (κ1) is 18.8. The van der Waals surface area contributed by atoms with Crippen LogP contribution in [-0.2, 0) is 4.79 Å². The van der Waals surface area contributed by atoms with Crippen LogP contribution in [0.5, 0.6) is 0 Å². The molecule has 1 aliphatic heterocycles. The fourth-order valence-electron chi connectivity index (χ4n) is 2.38. The van der Waals surface area contributed by atoms with Crippen LogP contribution >= 0.6 is 39.9 Å². The standard InChI is InChI=1S/C19H15BrN2O2S2/c1-21(2)15-9-3-12(4-10-15)11-16-18(24)22(19(25)26-16)17(23)13-5-7-14(20)8-6-13/h3-11H,1-2H3. The van der Waals surface area contributed by atoms with Crippen LogP contribution in [0.15, 0.2) is 57.9 Å². The third kappa shape index (κ3) is 3.90. The fourth-order valence-corrected chi connectivity index (χ4v) is 3.90. The molecule has 2 amide bonds. The van der Waals surface area contributed by atoms with Gasteiger partial charge in [-0.3, -0.25) is 9.59 Å². The first-order valence-electron chi connectivity index (χ1n) is 7.72. The number of halogens is 1. The van der Waals surface area contributed by atoms with E-state index >= 15 is 0 Å². The fraction of sp³-hybridized carbons (Fsp3) is 0.105. The van der Waals surface area contributed by atoms with Gasteiger partial charge >= 0.3 is 0 Å². The van der Waals surface area contributed by atoms with Gasteiger partial charge in [-0.15, -0.1) is 0 Å². The molecular formula is C19H15BrN2O2S2. The van der Waals surface area contributed by atoms with Gasteiger partial charge in [0.2, 0.25) is 0 Å². The average Bonchev–Trinajstić information content (AvgIpc) is 2.89. The number of imide groups is 1. The summed E-state index contributed by atoms with van der Waals surface area (Å²) < 4.78 is 1.11. The Morgan fingerprint density at radius 3 is 2.31 bits per heavy atom. The van der Waals surface area contributed by atoms with Crippen LogP contribution in [0.2, 0.25) is 0 Å². The predicted octanol–water partition coefficient (Wildman–Crippen LogP) is 4.56. The van der Waals surface area contributed by atoms with Gasteiger partial charge in [-0.05, 0) is 48.0 Å². The molecule has 0 atom stereocenters. The van der Waals surface area contributed by atoms with E-state index in [9.17, 15) is 9.59 Å². The largest absolute Gasteiger partial charge is 0.378 e. The molecule has 4 nitrogen and oxygen atoms in total. The maximum absolute atomic E-state index is 12.7. The molecule has 0 saturated carbocycles. The topological polar surface area (TPSA) is 40.6 Å². The Balaban J connectivity index is 1.84. The van der Waals surface area contributed by atoms with E-state index in [1.165, 1.54) is 0 Å². The molecule has 2 aromatic carbocycles. The number of carbonyl (C=O) groups excluding carboxylic acids is 2. The van der Waals surface area contributed by atoms with Gasteiger partial charge < -0.3 is 4.90 Å². The molecule has 0 spiro atoms. The van der Waals surface area contributed by atoms with Gasteiger partial charge in [-0.25, -0.2) is 4.90 Å². The van der Waals surface area contributed by atoms with Crippen molar-refractivity contribution >= 4 is 67.8 Å². The highest BCUT2D eigenvalue weighted by Crippen LogP contribution is 2.34. The van der Waals surface area contributed by atoms with E-state index in [1.54, 1.807) is 30.3 Å². The number of hydrogen-bond acceptors (Lipinski definition) is 5. The molecule has 2 aromatic rings. The number of amides is 2. The van der Waals surface area contributed by atoms with E-state index < -0.39 is 5.91 Å². The van der Waals surface area contributed by atoms with Crippen LogP contribution in [0.3, 0.4) is 0 Å². The molecule has 0 unspecified atom stereocenters. The molecule has 26 heavy (non-hydrogen) atoms. The number of thiocarbonyl (C=S) groups is 1. The van der Waals surface area contributed by atoms with E-state index in [0.29, 0.717) is 10.5 Å². The van der Waals surface area contributed by atoms with E-state index in [4.69, 9.17) is 12.2 Å². The second-order valence-corrected chi connectivity index (χ2v) is 8.41. The van der Waals surface area contributed by atoms with Crippen LogP contribution in [0.4, 0.5) is 5.69 Å². The van der Waals surface area contributed by atoms with Crippen LogP contribution in [-0.4, -0.2) is 35.1 Å². The zero-order valence-corrected chi connectivity index (χ0v) is 17.3. The van der Waals surface area contributed by atoms with Crippen molar-refractivity contribution in [3.8, 4) is 0 Å². The Labute approximate surface area is 170 Å². The summed E-state index contributed by atoms with van der Waals surface area (Å²) >= 11 is 9.73. The summed E-state index contributed by atoms with van der Waals surface area (Å²) in [5.41, 5.74) is 2.37. The molecule has 0 aromatic heterocycles. The summed E-state index contributed by atoms with van der Waals surface area (Å²) in [5.74, 6) is -0.795. The summed E-state index contributed by atoms with van der Waals surface area (Å²) in [6.45, 7) is 0. The second kappa shape index (κ2) is 7.73. The first-order chi connectivity index (χ1) is 12.4. The number of rotatable bonds is 3. The minimum absolute atomic E-state index is 0.249. The van der Waals surface area contributed by atoms with Gasteiger partial charge in [0.05, 0.1) is 4.91 Å². The lowest BCUT2D eigenvalue weighted by molar-refractivity contribution is -0.120. The van der Waals surface area contributed by atoms with E-state index in [2.05, 4.69) is 15.9 Å². The highest BCUT2D eigenvalue weighted by Gasteiger charge is 2.37. The zero-order chi connectivity index (χ0) is 18.8. The van der Waals surface area contributed by atoms with Crippen molar-refractivity contribution in [2.24, 2.45) is 0 Å². The summed E-state index contributed by atoms with van der Waals surface area (Å²) in [7, 11) is 3.93. The van der Waals surface area contributed by atoms with Crippen LogP contribution in [0, 0.1) is 0 Å². The Kier molecular flexibility index (Phi) is 5.60. The van der Waals surface area contributed by atoms with Crippen molar-refractivity contribution in [2.45, 2.75) is 0 Å². The molecule has 1 aliphatic rings. The third-order valence-corrected chi connectivity index (χ3v) is 5.63. The lowest BCUT2D eigenvalue weighted by Gasteiger charge is -2.12. The van der Waals surface area contributed by atoms with Crippen molar-refractivity contribution in [3.63, 3.8) is 0 Å². The Bertz CT molecular complexity index is 906. The number of benzene rings is 2. The van der Waals surface area contributed by atoms with Gasteiger partial charge in [0.1, 0.15) is 0 Å². The molecule has 0 aliphatic carbocycles. The number of anilines is 1. The minimum atomic E-state index is -0.411. The molecule has 0 radical (unpaired) electrons. The van der Waals surface area contributed by atoms with Gasteiger partial charge in [0, 0.05) is 29.8 Å². The average molecular weight is 447 g/mol. The highest BCUT2D eigenvalue weighted by atomic mass is 79.9. The summed E-state index contributed by atoms with van der Waals surface area (Å²) in [6, 6.07) is 14.6. The third-order valence-electron chi connectivity index (χ3n) is 3.80. The molecule has 7 heteroatoms. The lowest BCUT2D eigenvalue weighted by Crippen LogP contribution is -2.34. The van der Waals surface area contributed by atoms with Crippen LogP contribution in [0.1, 0.15) is 15.9 Å². The summed E-state index contributed by atoms with van der Waals surface area (Å²) in [4.78, 5) is 28.8. The Morgan fingerprint density at radius 2 is 1.73 bits per heavy atom. The Hall–Kier alpha value is -1.96. The Morgan fingerprint density at radius 1 is 1.12 bits per heavy atom. The number of thioether (sulfide) groups is 1. The molecule has 0 N–H and O–H groups in total. The highest BCUT2D eigenvalue weighted by molar-refractivity contribution is 9.10. The quantitative estimate of drug-likeness (QED) is 0.392. The smallest absolute Gasteiger partial charge is 0.273 e. The molecule has 0 bridgehead atoms. The first-order valence-corrected chi connectivity index (χ1v) is 9.74. The number of nitrogens with zero attached hydrogens (tertiary/aromatic N) is 2. The van der Waals surface area contributed by atoms with Crippen molar-refractivity contribution in [3.05, 3.63) is 69.0 Å². The van der Waals surface area contributed by atoms with Crippen molar-refractivity contribution < 1.29 is 9.59 Å². The van der Waals surface area contributed by atoms with Crippen LogP contribution in [0.25, 0.3) is 6.08 Å². The van der Waals surface area contributed by atoms with Gasteiger partial charge in [-0.2, -0.15) is 0 Å². The van der Waals surface area contributed by atoms with Gasteiger partial charge in [0.15, 0.2) is 4.32 Å². The predicted molar refractivity (Wildman–Crippen MR) is 114 cm³/mol. The normalized spacial score (nSPS) is 15.7. The van der Waals surface area contributed by atoms with Gasteiger partial charge in [0.25, 0.3) is 11.8 Å². The molecule has 3 rings (SSSR count). The molecular weight excluding hydrogens is 432 g/mol. The van der Waals surface area contributed by atoms with E-state index in [1.807, 2.05) is 43.3 Å². The molecule has 1 fully saturated rings. The maximum Gasteiger partial charge on any atom is 0.273 e. The monoisotopic (exact) mass is 446 g/mol. The van der Waals surface area contributed by atoms with E-state index in [0.717, 1.165) is 32.4 Å². The summed E-state index contributed by atoms with van der Waals surface area (Å²) in [5, 5.41) is 0. The maximum atomic E-state index is 12.7. The molecule has 1 saturated heterocycles. The van der Waals surface area contributed by atoms with Crippen molar-refractivity contribution in [1.29, 1.82) is 0 Å². The minimum Gasteiger partial charge on any atom is -0.378 e. The number of hydrogen-bond donors (Lipinski definition) is 0. The van der Waals surface area contributed by atoms with Crippen molar-refractivity contribution in [2.75, 3.05) is 19.0 Å². The molecule has 132 valence electrons.